The normalized spacial score (nSPS) is 17.2. The molecule has 2 rings (SSSR count). The Hall–Kier alpha value is -2.60. The third-order valence-electron chi connectivity index (χ3n) is 5.62. The van der Waals surface area contributed by atoms with E-state index in [-0.39, 0.29) is 18.1 Å². The van der Waals surface area contributed by atoms with Gasteiger partial charge in [0, 0.05) is 26.2 Å². The lowest BCUT2D eigenvalue weighted by atomic mass is 9.92. The van der Waals surface area contributed by atoms with E-state index in [1.165, 1.54) is 12.7 Å². The van der Waals surface area contributed by atoms with Gasteiger partial charge < -0.3 is 14.4 Å². The number of allylic oxidation sites excluding steroid dienone is 2. The second-order valence-corrected chi connectivity index (χ2v) is 9.10. The van der Waals surface area contributed by atoms with E-state index in [0.29, 0.717) is 18.7 Å². The van der Waals surface area contributed by atoms with Crippen LogP contribution >= 0.6 is 0 Å². The third-order valence-corrected chi connectivity index (χ3v) is 5.62. The van der Waals surface area contributed by atoms with Crippen LogP contribution in [-0.4, -0.2) is 60.8 Å². The predicted molar refractivity (Wildman–Crippen MR) is 128 cm³/mol. The fourth-order valence-corrected chi connectivity index (χ4v) is 3.78. The van der Waals surface area contributed by atoms with Gasteiger partial charge in [-0.05, 0) is 52.2 Å². The summed E-state index contributed by atoms with van der Waals surface area (Å²) in [5.41, 5.74) is 3.27. The molecule has 1 atom stereocenters. The van der Waals surface area contributed by atoms with E-state index in [1.54, 1.807) is 11.0 Å². The first kappa shape index (κ1) is 25.7. The molecule has 0 N–H and O–H groups in total. The molecule has 176 valence electrons. The number of hydrogen-bond donors (Lipinski definition) is 0. The molecule has 1 amide bonds. The quantitative estimate of drug-likeness (QED) is 0.344. The van der Waals surface area contributed by atoms with Gasteiger partial charge in [0.2, 0.25) is 0 Å². The molecule has 0 aliphatic carbocycles. The Morgan fingerprint density at radius 1 is 1.12 bits per heavy atom. The Morgan fingerprint density at radius 3 is 2.28 bits per heavy atom. The standard InChI is InChI=1S/C26H38N2O4/c1-8-19(3)18-23(22-13-11-10-12-21(22)20(9-2)24(29)31-7)27-14-16-28(17-15-27)25(30)32-26(4,5)6/h9-13,18,23H,8,14-17H2,1-7H3/b19-18+,20-9+. The van der Waals surface area contributed by atoms with Gasteiger partial charge in [0.15, 0.2) is 0 Å². The van der Waals surface area contributed by atoms with Crippen molar-refractivity contribution < 1.29 is 19.1 Å². The number of nitrogens with zero attached hydrogens (tertiary/aromatic N) is 2. The van der Waals surface area contributed by atoms with Crippen LogP contribution in [0.5, 0.6) is 0 Å². The molecule has 1 heterocycles. The van der Waals surface area contributed by atoms with Crippen molar-refractivity contribution in [3.05, 3.63) is 53.1 Å². The Kier molecular flexibility index (Phi) is 9.08. The molecule has 32 heavy (non-hydrogen) atoms. The monoisotopic (exact) mass is 442 g/mol. The number of carbonyl (C=O) groups excluding carboxylic acids is 2. The molecule has 0 radical (unpaired) electrons. The van der Waals surface area contributed by atoms with E-state index in [2.05, 4.69) is 30.9 Å². The first-order valence-corrected chi connectivity index (χ1v) is 11.3. The van der Waals surface area contributed by atoms with E-state index < -0.39 is 5.60 Å². The summed E-state index contributed by atoms with van der Waals surface area (Å²) in [6.45, 7) is 14.4. The second kappa shape index (κ2) is 11.3. The van der Waals surface area contributed by atoms with Gasteiger partial charge in [0.25, 0.3) is 0 Å². The predicted octanol–water partition coefficient (Wildman–Crippen LogP) is 5.21. The molecule has 1 saturated heterocycles. The molecular formula is C26H38N2O4. The topological polar surface area (TPSA) is 59.1 Å². The Morgan fingerprint density at radius 2 is 1.75 bits per heavy atom. The SMILES string of the molecule is C/C=C(/C(=O)OC)c1ccccc1C(/C=C(\C)CC)N1CCN(C(=O)OC(C)(C)C)CC1. The van der Waals surface area contributed by atoms with Crippen molar-refractivity contribution in [2.24, 2.45) is 0 Å². The van der Waals surface area contributed by atoms with Gasteiger partial charge in [0.1, 0.15) is 5.60 Å². The van der Waals surface area contributed by atoms with Crippen molar-refractivity contribution in [3.8, 4) is 0 Å². The third kappa shape index (κ3) is 6.70. The fraction of sp³-hybridized carbons (Fsp3) is 0.538. The van der Waals surface area contributed by atoms with Crippen LogP contribution in [0, 0.1) is 0 Å². The van der Waals surface area contributed by atoms with Gasteiger partial charge in [-0.2, -0.15) is 0 Å². The Bertz CT molecular complexity index is 859. The molecule has 1 aromatic rings. The van der Waals surface area contributed by atoms with Crippen LogP contribution in [-0.2, 0) is 14.3 Å². The molecule has 6 heteroatoms. The van der Waals surface area contributed by atoms with Crippen LogP contribution in [0.2, 0.25) is 0 Å². The molecule has 0 bridgehead atoms. The maximum absolute atomic E-state index is 12.5. The van der Waals surface area contributed by atoms with E-state index in [9.17, 15) is 9.59 Å². The fourth-order valence-electron chi connectivity index (χ4n) is 3.78. The first-order valence-electron chi connectivity index (χ1n) is 11.3. The lowest BCUT2D eigenvalue weighted by molar-refractivity contribution is -0.133. The van der Waals surface area contributed by atoms with Crippen molar-refractivity contribution in [3.63, 3.8) is 0 Å². The van der Waals surface area contributed by atoms with E-state index >= 15 is 0 Å². The van der Waals surface area contributed by atoms with Gasteiger partial charge in [-0.25, -0.2) is 9.59 Å². The van der Waals surface area contributed by atoms with Crippen LogP contribution in [0.3, 0.4) is 0 Å². The molecule has 1 unspecified atom stereocenters. The average molecular weight is 443 g/mol. The van der Waals surface area contributed by atoms with E-state index in [1.807, 2.05) is 45.9 Å². The summed E-state index contributed by atoms with van der Waals surface area (Å²) in [6.07, 6.45) is 4.76. The number of carbonyl (C=O) groups is 2. The minimum Gasteiger partial charge on any atom is -0.465 e. The minimum atomic E-state index is -0.507. The van der Waals surface area contributed by atoms with Crippen LogP contribution in [0.15, 0.2) is 42.0 Å². The summed E-state index contributed by atoms with van der Waals surface area (Å²) in [5.74, 6) is -0.343. The molecule has 0 saturated carbocycles. The number of ether oxygens (including phenoxy) is 2. The molecule has 1 aliphatic rings. The second-order valence-electron chi connectivity index (χ2n) is 9.10. The molecule has 6 nitrogen and oxygen atoms in total. The highest BCUT2D eigenvalue weighted by Crippen LogP contribution is 2.32. The van der Waals surface area contributed by atoms with Crippen LogP contribution in [0.4, 0.5) is 4.79 Å². The number of piperazine rings is 1. The van der Waals surface area contributed by atoms with Crippen molar-refractivity contribution in [2.45, 2.75) is 59.6 Å². The van der Waals surface area contributed by atoms with Gasteiger partial charge >= 0.3 is 12.1 Å². The molecule has 1 aromatic carbocycles. The molecular weight excluding hydrogens is 404 g/mol. The summed E-state index contributed by atoms with van der Waals surface area (Å²) in [7, 11) is 1.41. The first-order chi connectivity index (χ1) is 15.1. The van der Waals surface area contributed by atoms with Gasteiger partial charge in [-0.15, -0.1) is 0 Å². The largest absolute Gasteiger partial charge is 0.465 e. The highest BCUT2D eigenvalue weighted by atomic mass is 16.6. The van der Waals surface area contributed by atoms with Crippen LogP contribution < -0.4 is 0 Å². The van der Waals surface area contributed by atoms with Crippen molar-refractivity contribution >= 4 is 17.6 Å². The van der Waals surface area contributed by atoms with Crippen molar-refractivity contribution in [2.75, 3.05) is 33.3 Å². The van der Waals surface area contributed by atoms with Gasteiger partial charge in [-0.1, -0.05) is 48.9 Å². The maximum Gasteiger partial charge on any atom is 0.410 e. The number of hydrogen-bond acceptors (Lipinski definition) is 5. The number of amides is 1. The summed E-state index contributed by atoms with van der Waals surface area (Å²) in [5, 5.41) is 0. The zero-order chi connectivity index (χ0) is 23.9. The number of methoxy groups -OCH3 is 1. The van der Waals surface area contributed by atoms with Crippen LogP contribution in [0.1, 0.15) is 65.1 Å². The van der Waals surface area contributed by atoms with Crippen molar-refractivity contribution in [1.82, 2.24) is 9.80 Å². The Balaban J connectivity index is 2.35. The van der Waals surface area contributed by atoms with Gasteiger partial charge in [-0.3, -0.25) is 4.90 Å². The minimum absolute atomic E-state index is 0.00783. The van der Waals surface area contributed by atoms with Gasteiger partial charge in [0.05, 0.1) is 18.7 Å². The summed E-state index contributed by atoms with van der Waals surface area (Å²) in [4.78, 5) is 29.1. The molecule has 0 aromatic heterocycles. The average Bonchev–Trinajstić information content (AvgIpc) is 2.77. The number of benzene rings is 1. The highest BCUT2D eigenvalue weighted by molar-refractivity contribution is 6.16. The molecule has 1 aliphatic heterocycles. The zero-order valence-electron chi connectivity index (χ0n) is 20.6. The van der Waals surface area contributed by atoms with E-state index in [0.717, 1.165) is 30.6 Å². The number of esters is 1. The molecule has 1 fully saturated rings. The zero-order valence-corrected chi connectivity index (χ0v) is 20.6. The summed E-state index contributed by atoms with van der Waals surface area (Å²) < 4.78 is 10.6. The Labute approximate surface area is 192 Å². The maximum atomic E-state index is 12.5. The van der Waals surface area contributed by atoms with Crippen molar-refractivity contribution in [1.29, 1.82) is 0 Å². The highest BCUT2D eigenvalue weighted by Gasteiger charge is 2.30. The van der Waals surface area contributed by atoms with E-state index in [4.69, 9.17) is 9.47 Å². The summed E-state index contributed by atoms with van der Waals surface area (Å²) in [6, 6.07) is 7.99. The lowest BCUT2D eigenvalue weighted by Gasteiger charge is -2.39. The summed E-state index contributed by atoms with van der Waals surface area (Å²) >= 11 is 0. The van der Waals surface area contributed by atoms with Crippen LogP contribution in [0.25, 0.3) is 5.57 Å². The lowest BCUT2D eigenvalue weighted by Crippen LogP contribution is -2.50. The molecule has 0 spiro atoms. The number of rotatable bonds is 6. The smallest absolute Gasteiger partial charge is 0.410 e.